The fraction of sp³-hybridized carbons (Fsp3) is 0.280. The van der Waals surface area contributed by atoms with Crippen molar-refractivity contribution in [3.05, 3.63) is 71.4 Å². The maximum atomic E-state index is 13.2. The van der Waals surface area contributed by atoms with E-state index in [1.54, 1.807) is 45.0 Å². The Morgan fingerprint density at radius 3 is 2.16 bits per heavy atom. The molecule has 166 valence electrons. The Balaban J connectivity index is 2.21. The number of fused-ring (bicyclic) bond motifs is 1. The lowest BCUT2D eigenvalue weighted by molar-refractivity contribution is -0.151. The monoisotopic (exact) mass is 435 g/mol. The van der Waals surface area contributed by atoms with Gasteiger partial charge in [0, 0.05) is 23.1 Å². The molecule has 0 unspecified atom stereocenters. The van der Waals surface area contributed by atoms with Crippen molar-refractivity contribution in [3.63, 3.8) is 0 Å². The largest absolute Gasteiger partial charge is 0.463 e. The molecule has 0 atom stereocenters. The number of ether oxygens (including phenoxy) is 2. The van der Waals surface area contributed by atoms with Gasteiger partial charge in [0.1, 0.15) is 5.60 Å². The predicted molar refractivity (Wildman–Crippen MR) is 119 cm³/mol. The molecule has 32 heavy (non-hydrogen) atoms. The number of hydrogen-bond acceptors (Lipinski definition) is 6. The van der Waals surface area contributed by atoms with Gasteiger partial charge in [-0.1, -0.05) is 48.5 Å². The van der Waals surface area contributed by atoms with Crippen LogP contribution in [0.25, 0.3) is 10.9 Å². The summed E-state index contributed by atoms with van der Waals surface area (Å²) in [6.07, 6.45) is -1.03. The van der Waals surface area contributed by atoms with Crippen LogP contribution in [0.1, 0.15) is 48.8 Å². The molecule has 1 heterocycles. The van der Waals surface area contributed by atoms with Crippen LogP contribution in [0.5, 0.6) is 0 Å². The lowest BCUT2D eigenvalue weighted by atomic mass is 9.99. The molecule has 7 heteroatoms. The summed E-state index contributed by atoms with van der Waals surface area (Å²) in [4.78, 5) is 50.1. The number of carbonyl (C=O) groups excluding carboxylic acids is 4. The summed E-state index contributed by atoms with van der Waals surface area (Å²) in [6.45, 7) is 5.28. The van der Waals surface area contributed by atoms with E-state index in [2.05, 4.69) is 4.74 Å². The highest BCUT2D eigenvalue weighted by Gasteiger charge is 2.30. The molecule has 0 saturated carbocycles. The van der Waals surface area contributed by atoms with Gasteiger partial charge < -0.3 is 9.47 Å². The summed E-state index contributed by atoms with van der Waals surface area (Å²) in [7, 11) is 1.08. The van der Waals surface area contributed by atoms with Crippen molar-refractivity contribution < 1.29 is 28.7 Å². The molecule has 0 aliphatic rings. The summed E-state index contributed by atoms with van der Waals surface area (Å²) in [5, 5.41) is 0.506. The maximum Gasteiger partial charge on any atom is 0.419 e. The highest BCUT2D eigenvalue weighted by Crippen LogP contribution is 2.30. The van der Waals surface area contributed by atoms with Crippen molar-refractivity contribution in [1.82, 2.24) is 4.57 Å². The molecule has 3 aromatic rings. The molecule has 7 nitrogen and oxygen atoms in total. The van der Waals surface area contributed by atoms with Gasteiger partial charge in [-0.25, -0.2) is 14.2 Å². The highest BCUT2D eigenvalue weighted by atomic mass is 16.6. The van der Waals surface area contributed by atoms with Crippen LogP contribution in [0, 0.1) is 0 Å². The number of aromatic nitrogens is 1. The summed E-state index contributed by atoms with van der Waals surface area (Å²) < 4.78 is 11.4. The standard InChI is InChI=1S/C25H25NO6/c1-25(2,3)32-24(30)26-18-13-9-8-12-17(18)22(20(27)15-21(28)23(29)31-4)19(26)14-16-10-6-5-7-11-16/h5-13H,14-15H2,1-4H3. The van der Waals surface area contributed by atoms with Gasteiger partial charge in [-0.05, 0) is 32.4 Å². The second-order valence-corrected chi connectivity index (χ2v) is 8.33. The van der Waals surface area contributed by atoms with Gasteiger partial charge in [-0.3, -0.25) is 9.59 Å². The summed E-state index contributed by atoms with van der Waals surface area (Å²) in [5.41, 5.74) is 1.22. The van der Waals surface area contributed by atoms with Crippen LogP contribution in [0.4, 0.5) is 4.79 Å². The van der Waals surface area contributed by atoms with Crippen molar-refractivity contribution in [2.75, 3.05) is 7.11 Å². The summed E-state index contributed by atoms with van der Waals surface area (Å²) >= 11 is 0. The minimum Gasteiger partial charge on any atom is -0.463 e. The molecule has 3 rings (SSSR count). The molecule has 0 N–H and O–H groups in total. The van der Waals surface area contributed by atoms with Crippen LogP contribution in [-0.4, -0.2) is 40.9 Å². The van der Waals surface area contributed by atoms with Crippen molar-refractivity contribution in [2.24, 2.45) is 0 Å². The van der Waals surface area contributed by atoms with Gasteiger partial charge in [0.05, 0.1) is 19.0 Å². The van der Waals surface area contributed by atoms with E-state index in [0.29, 0.717) is 16.6 Å². The zero-order chi connectivity index (χ0) is 23.5. The molecule has 0 saturated heterocycles. The maximum absolute atomic E-state index is 13.2. The molecular formula is C25H25NO6. The minimum absolute atomic E-state index is 0.215. The Labute approximate surface area is 185 Å². The Morgan fingerprint density at radius 1 is 0.906 bits per heavy atom. The fourth-order valence-corrected chi connectivity index (χ4v) is 3.50. The van der Waals surface area contributed by atoms with E-state index in [0.717, 1.165) is 12.7 Å². The van der Waals surface area contributed by atoms with E-state index in [1.807, 2.05) is 30.3 Å². The Bertz CT molecular complexity index is 1180. The van der Waals surface area contributed by atoms with Gasteiger partial charge in [0.25, 0.3) is 0 Å². The lowest BCUT2D eigenvalue weighted by Crippen LogP contribution is -2.28. The number of nitrogens with zero attached hydrogens (tertiary/aromatic N) is 1. The van der Waals surface area contributed by atoms with Crippen molar-refractivity contribution in [2.45, 2.75) is 39.2 Å². The molecule has 0 radical (unpaired) electrons. The van der Waals surface area contributed by atoms with Crippen LogP contribution < -0.4 is 0 Å². The molecule has 0 aliphatic carbocycles. The zero-order valence-electron chi connectivity index (χ0n) is 18.5. The second kappa shape index (κ2) is 9.18. The van der Waals surface area contributed by atoms with E-state index in [-0.39, 0.29) is 12.0 Å². The molecular weight excluding hydrogens is 410 g/mol. The van der Waals surface area contributed by atoms with E-state index in [9.17, 15) is 19.2 Å². The number of hydrogen-bond donors (Lipinski definition) is 0. The smallest absolute Gasteiger partial charge is 0.419 e. The van der Waals surface area contributed by atoms with E-state index in [4.69, 9.17) is 4.74 Å². The van der Waals surface area contributed by atoms with Crippen molar-refractivity contribution in [3.8, 4) is 0 Å². The number of rotatable bonds is 6. The van der Waals surface area contributed by atoms with E-state index in [1.165, 1.54) is 4.57 Å². The third-order valence-corrected chi connectivity index (χ3v) is 4.78. The lowest BCUT2D eigenvalue weighted by Gasteiger charge is -2.21. The quantitative estimate of drug-likeness (QED) is 0.248. The first-order valence-electron chi connectivity index (χ1n) is 10.2. The zero-order valence-corrected chi connectivity index (χ0v) is 18.5. The molecule has 1 aromatic heterocycles. The van der Waals surface area contributed by atoms with Gasteiger partial charge in [0.2, 0.25) is 5.78 Å². The average Bonchev–Trinajstić information content (AvgIpc) is 3.06. The van der Waals surface area contributed by atoms with Crippen molar-refractivity contribution in [1.29, 1.82) is 0 Å². The number of benzene rings is 2. The predicted octanol–water partition coefficient (Wildman–Crippen LogP) is 4.33. The van der Waals surface area contributed by atoms with Gasteiger partial charge in [-0.2, -0.15) is 0 Å². The van der Waals surface area contributed by atoms with Crippen LogP contribution in [-0.2, 0) is 25.5 Å². The number of para-hydroxylation sites is 1. The number of methoxy groups -OCH3 is 1. The van der Waals surface area contributed by atoms with Crippen LogP contribution >= 0.6 is 0 Å². The van der Waals surface area contributed by atoms with Crippen LogP contribution in [0.15, 0.2) is 54.6 Å². The van der Waals surface area contributed by atoms with Crippen LogP contribution in [0.2, 0.25) is 0 Å². The number of esters is 1. The SMILES string of the molecule is COC(=O)C(=O)CC(=O)c1c(Cc2ccccc2)n(C(=O)OC(C)(C)C)c2ccccc12. The molecule has 0 amide bonds. The number of carbonyl (C=O) groups is 4. The van der Waals surface area contributed by atoms with Crippen LogP contribution in [0.3, 0.4) is 0 Å². The minimum atomic E-state index is -1.08. The Hall–Kier alpha value is -3.74. The average molecular weight is 435 g/mol. The first-order valence-corrected chi connectivity index (χ1v) is 10.2. The third-order valence-electron chi connectivity index (χ3n) is 4.78. The summed E-state index contributed by atoms with van der Waals surface area (Å²) in [5.74, 6) is -2.60. The number of ketones is 2. The highest BCUT2D eigenvalue weighted by molar-refractivity contribution is 6.38. The molecule has 0 bridgehead atoms. The van der Waals surface area contributed by atoms with E-state index < -0.39 is 35.7 Å². The normalized spacial score (nSPS) is 11.2. The topological polar surface area (TPSA) is 91.7 Å². The van der Waals surface area contributed by atoms with Crippen molar-refractivity contribution >= 4 is 34.5 Å². The first-order chi connectivity index (χ1) is 15.1. The summed E-state index contributed by atoms with van der Waals surface area (Å²) in [6, 6.07) is 16.3. The molecule has 0 aliphatic heterocycles. The van der Waals surface area contributed by atoms with E-state index >= 15 is 0 Å². The van der Waals surface area contributed by atoms with Gasteiger partial charge in [-0.15, -0.1) is 0 Å². The second-order valence-electron chi connectivity index (χ2n) is 8.33. The fourth-order valence-electron chi connectivity index (χ4n) is 3.50. The van der Waals surface area contributed by atoms with Gasteiger partial charge in [0.15, 0.2) is 5.78 Å². The Morgan fingerprint density at radius 2 is 1.53 bits per heavy atom. The molecule has 2 aromatic carbocycles. The third kappa shape index (κ3) is 4.94. The molecule has 0 spiro atoms. The number of Topliss-reactive ketones (excluding diaryl/α,β-unsaturated/α-hetero) is 2. The Kier molecular flexibility index (Phi) is 6.58. The first kappa shape index (κ1) is 22.9. The van der Waals surface area contributed by atoms with Gasteiger partial charge >= 0.3 is 12.1 Å². The molecule has 0 fully saturated rings.